The van der Waals surface area contributed by atoms with E-state index in [0.717, 1.165) is 18.5 Å². The monoisotopic (exact) mass is 357 g/mol. The molecule has 7 heteroatoms. The molecule has 128 valence electrons. The molecule has 1 aromatic carbocycles. The highest BCUT2D eigenvalue weighted by Gasteiger charge is 2.37. The van der Waals surface area contributed by atoms with Crippen LogP contribution in [0, 0.1) is 5.82 Å². The first-order valence-corrected chi connectivity index (χ1v) is 9.28. The number of Topliss-reactive ketones (excluding diaryl/α,β-unsaturated/α-hetero) is 1. The average Bonchev–Trinajstić information content (AvgIpc) is 2.60. The van der Waals surface area contributed by atoms with Crippen LogP contribution in [0.25, 0.3) is 0 Å². The van der Waals surface area contributed by atoms with E-state index in [-0.39, 0.29) is 11.3 Å². The van der Waals surface area contributed by atoms with Crippen molar-refractivity contribution >= 4 is 23.4 Å². The van der Waals surface area contributed by atoms with E-state index in [9.17, 15) is 14.0 Å². The second-order valence-corrected chi connectivity index (χ2v) is 6.91. The number of halogens is 1. The minimum atomic E-state index is -0.595. The number of nitrogens with zero attached hydrogens (tertiary/aromatic N) is 1. The first kappa shape index (κ1) is 16.1. The number of nitrogens with one attached hydrogen (secondary N) is 2. The van der Waals surface area contributed by atoms with Gasteiger partial charge in [0.15, 0.2) is 10.9 Å². The summed E-state index contributed by atoms with van der Waals surface area (Å²) in [6.45, 7) is 0. The molecule has 0 radical (unpaired) electrons. The normalized spacial score (nSPS) is 19.3. The number of carbonyl (C=O) groups excluding carboxylic acids is 1. The van der Waals surface area contributed by atoms with Gasteiger partial charge >= 0.3 is 0 Å². The van der Waals surface area contributed by atoms with Gasteiger partial charge in [-0.25, -0.2) is 9.37 Å². The molecule has 0 bridgehead atoms. The SMILES string of the molecule is CSc1nc2c(c(=O)[nH]1)C(c1cccc(F)c1)C1=C(CCCC1=O)N2. The zero-order valence-electron chi connectivity index (χ0n) is 13.6. The zero-order valence-corrected chi connectivity index (χ0v) is 14.4. The standard InChI is InChI=1S/C18H16FN3O2S/c1-25-18-21-16-15(17(24)22-18)13(9-4-2-5-10(19)8-9)14-11(20-16)6-3-7-12(14)23/h2,4-5,8,13H,3,6-7H2,1H3,(H2,20,21,22,24). The van der Waals surface area contributed by atoms with Gasteiger partial charge in [0.2, 0.25) is 0 Å². The Bertz CT molecular complexity index is 967. The maximum atomic E-state index is 13.8. The number of benzene rings is 1. The molecule has 1 atom stereocenters. The van der Waals surface area contributed by atoms with Crippen LogP contribution in [0.1, 0.15) is 36.3 Å². The molecule has 4 rings (SSSR count). The number of aromatic amines is 1. The lowest BCUT2D eigenvalue weighted by atomic mass is 9.76. The third kappa shape index (κ3) is 2.68. The van der Waals surface area contributed by atoms with Crippen molar-refractivity contribution in [2.24, 2.45) is 0 Å². The first-order chi connectivity index (χ1) is 12.1. The molecular formula is C18H16FN3O2S. The second-order valence-electron chi connectivity index (χ2n) is 6.12. The number of hydrogen-bond acceptors (Lipinski definition) is 5. The summed E-state index contributed by atoms with van der Waals surface area (Å²) in [5.41, 5.74) is 2.02. The van der Waals surface area contributed by atoms with Crippen LogP contribution in [0.3, 0.4) is 0 Å². The number of carbonyl (C=O) groups is 1. The topological polar surface area (TPSA) is 74.8 Å². The van der Waals surface area contributed by atoms with Crippen molar-refractivity contribution in [1.82, 2.24) is 9.97 Å². The highest BCUT2D eigenvalue weighted by Crippen LogP contribution is 2.43. The fourth-order valence-electron chi connectivity index (χ4n) is 3.56. The maximum absolute atomic E-state index is 13.8. The molecule has 2 aromatic rings. The van der Waals surface area contributed by atoms with Gasteiger partial charge in [-0.1, -0.05) is 23.9 Å². The number of fused-ring (bicyclic) bond motifs is 1. The quantitative estimate of drug-likeness (QED) is 0.638. The van der Waals surface area contributed by atoms with Gasteiger partial charge in [0, 0.05) is 23.6 Å². The molecule has 0 saturated carbocycles. The molecule has 0 amide bonds. The molecule has 2 heterocycles. The van der Waals surface area contributed by atoms with Crippen LogP contribution in [-0.2, 0) is 4.79 Å². The molecule has 1 aliphatic carbocycles. The number of anilines is 1. The van der Waals surface area contributed by atoms with Crippen LogP contribution in [0.5, 0.6) is 0 Å². The van der Waals surface area contributed by atoms with Crippen molar-refractivity contribution in [3.8, 4) is 0 Å². The van der Waals surface area contributed by atoms with Crippen LogP contribution in [0.15, 0.2) is 45.5 Å². The summed E-state index contributed by atoms with van der Waals surface area (Å²) in [4.78, 5) is 32.5. The maximum Gasteiger partial charge on any atom is 0.257 e. The van der Waals surface area contributed by atoms with Crippen molar-refractivity contribution in [3.05, 3.63) is 62.8 Å². The molecule has 0 saturated heterocycles. The summed E-state index contributed by atoms with van der Waals surface area (Å²) in [5.74, 6) is -0.534. The lowest BCUT2D eigenvalue weighted by molar-refractivity contribution is -0.116. The number of H-pyrrole nitrogens is 1. The Kier molecular flexibility index (Phi) is 3.95. The number of ketones is 1. The van der Waals surface area contributed by atoms with Crippen molar-refractivity contribution in [3.63, 3.8) is 0 Å². The van der Waals surface area contributed by atoms with E-state index >= 15 is 0 Å². The number of hydrogen-bond donors (Lipinski definition) is 2. The molecule has 25 heavy (non-hydrogen) atoms. The number of thioether (sulfide) groups is 1. The van der Waals surface area contributed by atoms with Gasteiger partial charge in [-0.05, 0) is 36.8 Å². The van der Waals surface area contributed by atoms with Crippen LogP contribution in [0.2, 0.25) is 0 Å². The predicted octanol–water partition coefficient (Wildman–Crippen LogP) is 3.20. The Hall–Kier alpha value is -2.41. The zero-order chi connectivity index (χ0) is 17.6. The molecular weight excluding hydrogens is 341 g/mol. The van der Waals surface area contributed by atoms with Crippen LogP contribution in [0.4, 0.5) is 10.2 Å². The Morgan fingerprint density at radius 2 is 2.12 bits per heavy atom. The van der Waals surface area contributed by atoms with Crippen LogP contribution >= 0.6 is 11.8 Å². The number of rotatable bonds is 2. The lowest BCUT2D eigenvalue weighted by Crippen LogP contribution is -2.32. The van der Waals surface area contributed by atoms with E-state index in [1.807, 2.05) is 6.26 Å². The fraction of sp³-hybridized carbons (Fsp3) is 0.278. The van der Waals surface area contributed by atoms with Crippen LogP contribution in [-0.4, -0.2) is 22.0 Å². The van der Waals surface area contributed by atoms with Crippen molar-refractivity contribution in [1.29, 1.82) is 0 Å². The van der Waals surface area contributed by atoms with Crippen molar-refractivity contribution < 1.29 is 9.18 Å². The van der Waals surface area contributed by atoms with Gasteiger partial charge in [0.25, 0.3) is 5.56 Å². The molecule has 1 aliphatic heterocycles. The largest absolute Gasteiger partial charge is 0.343 e. The van der Waals surface area contributed by atoms with Gasteiger partial charge in [-0.2, -0.15) is 0 Å². The van der Waals surface area contributed by atoms with E-state index in [0.29, 0.717) is 34.1 Å². The minimum absolute atomic E-state index is 0.00186. The smallest absolute Gasteiger partial charge is 0.257 e. The fourth-order valence-corrected chi connectivity index (χ4v) is 3.93. The van der Waals surface area contributed by atoms with Gasteiger partial charge < -0.3 is 10.3 Å². The Balaban J connectivity index is 2.00. The summed E-state index contributed by atoms with van der Waals surface area (Å²) < 4.78 is 13.8. The van der Waals surface area contributed by atoms with Gasteiger partial charge in [0.05, 0.1) is 5.56 Å². The number of aromatic nitrogens is 2. The Morgan fingerprint density at radius 3 is 2.88 bits per heavy atom. The highest BCUT2D eigenvalue weighted by molar-refractivity contribution is 7.98. The Morgan fingerprint density at radius 1 is 1.28 bits per heavy atom. The molecule has 2 aliphatic rings. The third-order valence-electron chi connectivity index (χ3n) is 4.61. The van der Waals surface area contributed by atoms with E-state index in [2.05, 4.69) is 15.3 Å². The summed E-state index contributed by atoms with van der Waals surface area (Å²) in [6.07, 6.45) is 3.74. The molecule has 1 aromatic heterocycles. The van der Waals surface area contributed by atoms with E-state index in [4.69, 9.17) is 0 Å². The molecule has 1 unspecified atom stereocenters. The van der Waals surface area contributed by atoms with Crippen molar-refractivity contribution in [2.45, 2.75) is 30.3 Å². The van der Waals surface area contributed by atoms with Gasteiger partial charge in [-0.15, -0.1) is 0 Å². The first-order valence-electron chi connectivity index (χ1n) is 8.05. The predicted molar refractivity (Wildman–Crippen MR) is 94.4 cm³/mol. The summed E-state index contributed by atoms with van der Waals surface area (Å²) >= 11 is 1.34. The lowest BCUT2D eigenvalue weighted by Gasteiger charge is -2.32. The second kappa shape index (κ2) is 6.15. The Labute approximate surface area is 147 Å². The average molecular weight is 357 g/mol. The minimum Gasteiger partial charge on any atom is -0.343 e. The molecule has 0 spiro atoms. The molecule has 0 fully saturated rings. The van der Waals surface area contributed by atoms with Crippen LogP contribution < -0.4 is 10.9 Å². The number of allylic oxidation sites excluding steroid dienone is 2. The molecule has 2 N–H and O–H groups in total. The van der Waals surface area contributed by atoms with Gasteiger partial charge in [0.1, 0.15) is 11.6 Å². The molecule has 5 nitrogen and oxygen atoms in total. The van der Waals surface area contributed by atoms with Crippen molar-refractivity contribution in [2.75, 3.05) is 11.6 Å². The van der Waals surface area contributed by atoms with E-state index in [1.54, 1.807) is 12.1 Å². The summed E-state index contributed by atoms with van der Waals surface area (Å²) in [6, 6.07) is 6.08. The highest BCUT2D eigenvalue weighted by atomic mass is 32.2. The van der Waals surface area contributed by atoms with E-state index in [1.165, 1.54) is 23.9 Å². The third-order valence-corrected chi connectivity index (χ3v) is 5.19. The van der Waals surface area contributed by atoms with Gasteiger partial charge in [-0.3, -0.25) is 9.59 Å². The van der Waals surface area contributed by atoms with E-state index < -0.39 is 11.7 Å². The summed E-state index contributed by atoms with van der Waals surface area (Å²) in [7, 11) is 0. The summed E-state index contributed by atoms with van der Waals surface area (Å²) in [5, 5.41) is 3.68.